The van der Waals surface area contributed by atoms with Crippen LogP contribution in [0.1, 0.15) is 19.3 Å². The van der Waals surface area contributed by atoms with E-state index in [9.17, 15) is 13.2 Å². The minimum absolute atomic E-state index is 0.397. The summed E-state index contributed by atoms with van der Waals surface area (Å²) in [5.74, 6) is -2.18. The van der Waals surface area contributed by atoms with Crippen LogP contribution in [0.25, 0.3) is 0 Å². The first-order chi connectivity index (χ1) is 7.80. The van der Waals surface area contributed by atoms with Crippen molar-refractivity contribution in [2.45, 2.75) is 31.6 Å². The number of hydrazone groups is 1. The SMILES string of the molecule is NC1=NN2CCCCC2N1.O=C(O)C(F)(F)F. The second kappa shape index (κ2) is 5.11. The molecule has 0 aromatic rings. The molecule has 0 saturated carbocycles. The number of carboxylic acids is 1. The summed E-state index contributed by atoms with van der Waals surface area (Å²) in [6.45, 7) is 1.05. The van der Waals surface area contributed by atoms with Crippen LogP contribution in [0.2, 0.25) is 0 Å². The van der Waals surface area contributed by atoms with Gasteiger partial charge in [-0.2, -0.15) is 13.2 Å². The Kier molecular flexibility index (Phi) is 4.02. The Balaban J connectivity index is 0.000000185. The lowest BCUT2D eigenvalue weighted by Crippen LogP contribution is -2.42. The fourth-order valence-electron chi connectivity index (χ4n) is 1.52. The minimum atomic E-state index is -5.08. The zero-order chi connectivity index (χ0) is 13.1. The highest BCUT2D eigenvalue weighted by Crippen LogP contribution is 2.17. The van der Waals surface area contributed by atoms with Gasteiger partial charge in [-0.15, -0.1) is 5.10 Å². The zero-order valence-corrected chi connectivity index (χ0v) is 8.87. The van der Waals surface area contributed by atoms with E-state index in [0.717, 1.165) is 6.54 Å². The molecule has 2 aliphatic heterocycles. The summed E-state index contributed by atoms with van der Waals surface area (Å²) in [6.07, 6.45) is -0.982. The van der Waals surface area contributed by atoms with Gasteiger partial charge >= 0.3 is 12.1 Å². The summed E-state index contributed by atoms with van der Waals surface area (Å²) in [6, 6.07) is 0. The van der Waals surface area contributed by atoms with Gasteiger partial charge in [0.1, 0.15) is 6.17 Å². The lowest BCUT2D eigenvalue weighted by atomic mass is 10.1. The lowest BCUT2D eigenvalue weighted by Gasteiger charge is -2.27. The third kappa shape index (κ3) is 4.00. The minimum Gasteiger partial charge on any atom is -0.475 e. The normalized spacial score (nSPS) is 22.9. The van der Waals surface area contributed by atoms with E-state index >= 15 is 0 Å². The van der Waals surface area contributed by atoms with E-state index in [0.29, 0.717) is 12.1 Å². The van der Waals surface area contributed by atoms with Crippen molar-refractivity contribution in [2.24, 2.45) is 10.8 Å². The van der Waals surface area contributed by atoms with E-state index < -0.39 is 12.1 Å². The number of halogens is 3. The second-order valence-corrected chi connectivity index (χ2v) is 3.61. The van der Waals surface area contributed by atoms with E-state index in [4.69, 9.17) is 15.6 Å². The van der Waals surface area contributed by atoms with Crippen LogP contribution in [0.15, 0.2) is 5.10 Å². The smallest absolute Gasteiger partial charge is 0.475 e. The zero-order valence-electron chi connectivity index (χ0n) is 8.87. The summed E-state index contributed by atoms with van der Waals surface area (Å²) in [5, 5.41) is 16.4. The molecule has 98 valence electrons. The fourth-order valence-corrected chi connectivity index (χ4v) is 1.52. The van der Waals surface area contributed by atoms with Crippen molar-refractivity contribution in [1.82, 2.24) is 10.3 Å². The molecule has 2 aliphatic rings. The summed E-state index contributed by atoms with van der Waals surface area (Å²) >= 11 is 0. The van der Waals surface area contributed by atoms with Crippen molar-refractivity contribution in [3.63, 3.8) is 0 Å². The second-order valence-electron chi connectivity index (χ2n) is 3.61. The third-order valence-electron chi connectivity index (χ3n) is 2.27. The Morgan fingerprint density at radius 2 is 2.12 bits per heavy atom. The Morgan fingerprint density at radius 1 is 1.53 bits per heavy atom. The Morgan fingerprint density at radius 3 is 2.59 bits per heavy atom. The highest BCUT2D eigenvalue weighted by molar-refractivity contribution is 5.79. The Bertz CT molecular complexity index is 318. The third-order valence-corrected chi connectivity index (χ3v) is 2.27. The first kappa shape index (κ1) is 13.4. The predicted molar refractivity (Wildman–Crippen MR) is 52.8 cm³/mol. The molecule has 2 heterocycles. The number of hydrogen-bond acceptors (Lipinski definition) is 5. The molecule has 6 nitrogen and oxygen atoms in total. The van der Waals surface area contributed by atoms with Crippen molar-refractivity contribution in [2.75, 3.05) is 6.54 Å². The van der Waals surface area contributed by atoms with Crippen molar-refractivity contribution >= 4 is 11.9 Å². The van der Waals surface area contributed by atoms with Gasteiger partial charge in [-0.3, -0.25) is 5.01 Å². The number of nitrogens with one attached hydrogen (secondary N) is 1. The van der Waals surface area contributed by atoms with E-state index in [-0.39, 0.29) is 0 Å². The molecule has 0 spiro atoms. The van der Waals surface area contributed by atoms with Gasteiger partial charge in [0.25, 0.3) is 0 Å². The number of aliphatic carboxylic acids is 1. The van der Waals surface area contributed by atoms with Crippen LogP contribution in [0, 0.1) is 0 Å². The molecule has 0 aromatic carbocycles. The Hall–Kier alpha value is -1.67. The van der Waals surface area contributed by atoms with E-state index in [2.05, 4.69) is 10.4 Å². The number of alkyl halides is 3. The maximum absolute atomic E-state index is 10.6. The van der Waals surface area contributed by atoms with E-state index in [1.54, 1.807) is 0 Å². The maximum atomic E-state index is 10.6. The Labute approximate surface area is 95.3 Å². The average Bonchev–Trinajstić information content (AvgIpc) is 2.57. The molecule has 1 unspecified atom stereocenters. The van der Waals surface area contributed by atoms with Crippen molar-refractivity contribution in [3.8, 4) is 0 Å². The lowest BCUT2D eigenvalue weighted by molar-refractivity contribution is -0.192. The van der Waals surface area contributed by atoms with Gasteiger partial charge in [0.2, 0.25) is 5.96 Å². The first-order valence-corrected chi connectivity index (χ1v) is 4.98. The molecule has 0 radical (unpaired) electrons. The maximum Gasteiger partial charge on any atom is 0.490 e. The number of hydrogen-bond donors (Lipinski definition) is 3. The molecule has 1 fully saturated rings. The van der Waals surface area contributed by atoms with Gasteiger partial charge in [-0.25, -0.2) is 4.79 Å². The van der Waals surface area contributed by atoms with Gasteiger partial charge in [0.05, 0.1) is 0 Å². The number of carbonyl (C=O) groups is 1. The summed E-state index contributed by atoms with van der Waals surface area (Å²) in [5.41, 5.74) is 5.49. The van der Waals surface area contributed by atoms with Gasteiger partial charge in [0, 0.05) is 6.54 Å². The van der Waals surface area contributed by atoms with Crippen LogP contribution in [0.4, 0.5) is 13.2 Å². The molecular weight excluding hydrogens is 241 g/mol. The van der Waals surface area contributed by atoms with E-state index in [1.807, 2.05) is 5.01 Å². The van der Waals surface area contributed by atoms with E-state index in [1.165, 1.54) is 19.3 Å². The number of piperidine rings is 1. The molecule has 0 amide bonds. The topological polar surface area (TPSA) is 91.0 Å². The molecule has 1 saturated heterocycles. The van der Waals surface area contributed by atoms with Crippen molar-refractivity contribution in [1.29, 1.82) is 0 Å². The van der Waals surface area contributed by atoms with Crippen LogP contribution in [0.5, 0.6) is 0 Å². The molecule has 0 bridgehead atoms. The monoisotopic (exact) mass is 254 g/mol. The molecule has 9 heteroatoms. The number of guanidine groups is 1. The van der Waals surface area contributed by atoms with Gasteiger partial charge in [0.15, 0.2) is 0 Å². The quantitative estimate of drug-likeness (QED) is 0.577. The van der Waals surface area contributed by atoms with Gasteiger partial charge < -0.3 is 16.2 Å². The molecule has 2 rings (SSSR count). The fraction of sp³-hybridized carbons (Fsp3) is 0.750. The highest BCUT2D eigenvalue weighted by Gasteiger charge is 2.38. The van der Waals surface area contributed by atoms with Crippen molar-refractivity contribution < 1.29 is 23.1 Å². The summed E-state index contributed by atoms with van der Waals surface area (Å²) < 4.78 is 31.7. The number of rotatable bonds is 0. The number of nitrogens with zero attached hydrogens (tertiary/aromatic N) is 2. The standard InChI is InChI=1S/C6H12N4.C2HF3O2/c7-6-8-5-3-1-2-4-10(5)9-6;3-2(4,5)1(6)7/h5H,1-4H2,(H3,7,8,9);(H,6,7). The van der Waals surface area contributed by atoms with Gasteiger partial charge in [-0.05, 0) is 19.3 Å². The number of fused-ring (bicyclic) bond motifs is 1. The molecule has 0 aromatic heterocycles. The van der Waals surface area contributed by atoms with Crippen LogP contribution >= 0.6 is 0 Å². The summed E-state index contributed by atoms with van der Waals surface area (Å²) in [7, 11) is 0. The van der Waals surface area contributed by atoms with Crippen LogP contribution in [-0.4, -0.2) is 40.9 Å². The average molecular weight is 254 g/mol. The molecule has 1 atom stereocenters. The van der Waals surface area contributed by atoms with Gasteiger partial charge in [-0.1, -0.05) is 0 Å². The number of carboxylic acid groups (broad SMARTS) is 1. The molecular formula is C8H13F3N4O2. The van der Waals surface area contributed by atoms with Crippen LogP contribution in [0.3, 0.4) is 0 Å². The summed E-state index contributed by atoms with van der Waals surface area (Å²) in [4.78, 5) is 8.90. The van der Waals surface area contributed by atoms with Crippen molar-refractivity contribution in [3.05, 3.63) is 0 Å². The van der Waals surface area contributed by atoms with Crippen LogP contribution in [-0.2, 0) is 4.79 Å². The molecule has 4 N–H and O–H groups in total. The highest BCUT2D eigenvalue weighted by atomic mass is 19.4. The first-order valence-electron chi connectivity index (χ1n) is 4.98. The molecule has 17 heavy (non-hydrogen) atoms. The van der Waals surface area contributed by atoms with Crippen LogP contribution < -0.4 is 11.1 Å². The number of nitrogens with two attached hydrogens (primary N) is 1. The largest absolute Gasteiger partial charge is 0.490 e. The predicted octanol–water partition coefficient (Wildman–Crippen LogP) is 0.265. The molecule has 0 aliphatic carbocycles.